The van der Waals surface area contributed by atoms with Crippen LogP contribution in [0.2, 0.25) is 0 Å². The van der Waals surface area contributed by atoms with Crippen LogP contribution in [0.25, 0.3) is 27.0 Å². The van der Waals surface area contributed by atoms with Crippen molar-refractivity contribution >= 4 is 44.7 Å². The van der Waals surface area contributed by atoms with Crippen LogP contribution in [0.15, 0.2) is 54.9 Å². The lowest BCUT2D eigenvalue weighted by Crippen LogP contribution is -2.17. The second-order valence-electron chi connectivity index (χ2n) is 7.68. The number of halogens is 3. The van der Waals surface area contributed by atoms with Crippen molar-refractivity contribution in [3.8, 4) is 11.1 Å². The van der Waals surface area contributed by atoms with Crippen molar-refractivity contribution in [2.24, 2.45) is 5.73 Å². The highest BCUT2D eigenvalue weighted by atomic mass is 32.1. The number of carbonyl (C=O) groups excluding carboxylic acids is 2. The molecule has 5 rings (SSSR count). The number of alkyl halides is 3. The number of nitrogens with two attached hydrogens (primary N) is 1. The first-order valence-corrected chi connectivity index (χ1v) is 11.0. The number of hydrogen-bond donors (Lipinski definition) is 2. The number of fused-ring (bicyclic) bond motifs is 2. The average molecular weight is 496 g/mol. The number of thiophene rings is 1. The summed E-state index contributed by atoms with van der Waals surface area (Å²) in [6, 6.07) is 10.8. The Morgan fingerprint density at radius 2 is 1.89 bits per heavy atom. The standard InChI is InChI=1S/C23H15F3N6O2S/c1-11-3-5-12(6-4-11)13-9-15(23(24,25)26)29-22-17(13)18(19(35-22)20(27)33)30-21(34)14-10-16-28-7-2-8-32(16)31-14/h2-10H,1H3,(H2,27,33)(H,30,34). The van der Waals surface area contributed by atoms with E-state index in [4.69, 9.17) is 5.73 Å². The van der Waals surface area contributed by atoms with E-state index in [-0.39, 0.29) is 32.0 Å². The van der Waals surface area contributed by atoms with E-state index in [2.05, 4.69) is 20.4 Å². The van der Waals surface area contributed by atoms with Gasteiger partial charge in [-0.25, -0.2) is 14.5 Å². The van der Waals surface area contributed by atoms with E-state index in [0.29, 0.717) is 22.5 Å². The zero-order valence-corrected chi connectivity index (χ0v) is 18.7. The highest BCUT2D eigenvalue weighted by molar-refractivity contribution is 7.21. The molecule has 4 aromatic heterocycles. The van der Waals surface area contributed by atoms with E-state index < -0.39 is 23.7 Å². The Kier molecular flexibility index (Phi) is 5.24. The summed E-state index contributed by atoms with van der Waals surface area (Å²) >= 11 is 0.678. The first kappa shape index (κ1) is 22.5. The number of nitrogens with one attached hydrogen (secondary N) is 1. The SMILES string of the molecule is Cc1ccc(-c2cc(C(F)(F)F)nc3sc(C(N)=O)c(NC(=O)c4cc5ncccn5n4)c23)cc1. The lowest BCUT2D eigenvalue weighted by molar-refractivity contribution is -0.140. The molecular weight excluding hydrogens is 481 g/mol. The number of amides is 2. The lowest BCUT2D eigenvalue weighted by Gasteiger charge is -2.12. The number of primary amides is 1. The molecule has 5 aromatic rings. The molecule has 0 aliphatic heterocycles. The predicted octanol–water partition coefficient (Wildman–Crippen LogP) is 4.68. The monoisotopic (exact) mass is 496 g/mol. The molecule has 0 radical (unpaired) electrons. The van der Waals surface area contributed by atoms with Gasteiger partial charge < -0.3 is 11.1 Å². The molecule has 35 heavy (non-hydrogen) atoms. The number of carbonyl (C=O) groups is 2. The topological polar surface area (TPSA) is 115 Å². The average Bonchev–Trinajstić information content (AvgIpc) is 3.40. The normalized spacial score (nSPS) is 11.8. The molecular formula is C23H15F3N6O2S. The van der Waals surface area contributed by atoms with Gasteiger partial charge in [-0.1, -0.05) is 29.8 Å². The summed E-state index contributed by atoms with van der Waals surface area (Å²) in [6.07, 6.45) is -1.59. The van der Waals surface area contributed by atoms with Gasteiger partial charge in [-0.2, -0.15) is 18.3 Å². The number of anilines is 1. The van der Waals surface area contributed by atoms with E-state index in [1.165, 1.54) is 16.8 Å². The molecule has 0 saturated heterocycles. The molecule has 176 valence electrons. The van der Waals surface area contributed by atoms with Gasteiger partial charge in [0.2, 0.25) is 0 Å². The lowest BCUT2D eigenvalue weighted by atomic mass is 10.00. The zero-order valence-electron chi connectivity index (χ0n) is 17.9. The zero-order chi connectivity index (χ0) is 24.9. The van der Waals surface area contributed by atoms with Crippen LogP contribution in [-0.2, 0) is 6.18 Å². The first-order chi connectivity index (χ1) is 16.6. The maximum Gasteiger partial charge on any atom is 0.433 e. The van der Waals surface area contributed by atoms with Gasteiger partial charge in [-0.05, 0) is 30.2 Å². The van der Waals surface area contributed by atoms with Crippen molar-refractivity contribution in [3.63, 3.8) is 0 Å². The van der Waals surface area contributed by atoms with Crippen LogP contribution in [0.1, 0.15) is 31.4 Å². The minimum Gasteiger partial charge on any atom is -0.365 e. The van der Waals surface area contributed by atoms with Crippen LogP contribution in [0.3, 0.4) is 0 Å². The summed E-state index contributed by atoms with van der Waals surface area (Å²) in [7, 11) is 0. The number of rotatable bonds is 4. The van der Waals surface area contributed by atoms with Gasteiger partial charge in [0.25, 0.3) is 11.8 Å². The van der Waals surface area contributed by atoms with Gasteiger partial charge in [-0.3, -0.25) is 9.59 Å². The van der Waals surface area contributed by atoms with Gasteiger partial charge in [0, 0.05) is 23.8 Å². The minimum absolute atomic E-state index is 0.00442. The molecule has 0 saturated carbocycles. The van der Waals surface area contributed by atoms with Crippen molar-refractivity contribution in [1.29, 1.82) is 0 Å². The third-order valence-corrected chi connectivity index (χ3v) is 6.34. The van der Waals surface area contributed by atoms with E-state index in [9.17, 15) is 22.8 Å². The smallest absolute Gasteiger partial charge is 0.365 e. The minimum atomic E-state index is -4.72. The summed E-state index contributed by atoms with van der Waals surface area (Å²) in [4.78, 5) is 32.9. The number of aromatic nitrogens is 4. The van der Waals surface area contributed by atoms with Crippen LogP contribution in [0, 0.1) is 6.92 Å². The third kappa shape index (κ3) is 4.08. The van der Waals surface area contributed by atoms with Gasteiger partial charge >= 0.3 is 6.18 Å². The van der Waals surface area contributed by atoms with Gasteiger partial charge in [0.15, 0.2) is 11.3 Å². The third-order valence-electron chi connectivity index (χ3n) is 5.25. The number of benzene rings is 1. The summed E-state index contributed by atoms with van der Waals surface area (Å²) < 4.78 is 42.3. The molecule has 3 N–H and O–H groups in total. The summed E-state index contributed by atoms with van der Waals surface area (Å²) in [5, 5.41) is 6.94. The summed E-state index contributed by atoms with van der Waals surface area (Å²) in [5.41, 5.74) is 6.31. The predicted molar refractivity (Wildman–Crippen MR) is 124 cm³/mol. The molecule has 0 bridgehead atoms. The van der Waals surface area contributed by atoms with Crippen molar-refractivity contribution in [3.05, 3.63) is 76.7 Å². The molecule has 4 heterocycles. The number of pyridine rings is 1. The maximum atomic E-state index is 13.6. The first-order valence-electron chi connectivity index (χ1n) is 10.1. The molecule has 0 unspecified atom stereocenters. The molecule has 1 aromatic carbocycles. The molecule has 0 aliphatic carbocycles. The van der Waals surface area contributed by atoms with Gasteiger partial charge in [-0.15, -0.1) is 11.3 Å². The van der Waals surface area contributed by atoms with E-state index in [1.807, 2.05) is 6.92 Å². The van der Waals surface area contributed by atoms with E-state index >= 15 is 0 Å². The molecule has 0 aliphatic rings. The number of aryl methyl sites for hydroxylation is 1. The van der Waals surface area contributed by atoms with E-state index in [1.54, 1.807) is 36.5 Å². The number of nitrogens with zero attached hydrogens (tertiary/aromatic N) is 4. The van der Waals surface area contributed by atoms with Crippen molar-refractivity contribution in [2.45, 2.75) is 13.1 Å². The van der Waals surface area contributed by atoms with Crippen molar-refractivity contribution in [2.75, 3.05) is 5.32 Å². The van der Waals surface area contributed by atoms with Crippen molar-refractivity contribution in [1.82, 2.24) is 19.6 Å². The molecule has 0 fully saturated rings. The van der Waals surface area contributed by atoms with Crippen LogP contribution in [0.4, 0.5) is 18.9 Å². The second-order valence-corrected chi connectivity index (χ2v) is 8.67. The van der Waals surface area contributed by atoms with Crippen LogP contribution < -0.4 is 11.1 Å². The Morgan fingerprint density at radius 3 is 2.54 bits per heavy atom. The quantitative estimate of drug-likeness (QED) is 0.375. The molecule has 8 nitrogen and oxygen atoms in total. The van der Waals surface area contributed by atoms with Crippen molar-refractivity contribution < 1.29 is 22.8 Å². The fourth-order valence-corrected chi connectivity index (χ4v) is 4.62. The largest absolute Gasteiger partial charge is 0.433 e. The summed E-state index contributed by atoms with van der Waals surface area (Å²) in [5.74, 6) is -1.60. The Balaban J connectivity index is 1.72. The van der Waals surface area contributed by atoms with Crippen LogP contribution in [0.5, 0.6) is 0 Å². The van der Waals surface area contributed by atoms with Gasteiger partial charge in [0.1, 0.15) is 15.4 Å². The highest BCUT2D eigenvalue weighted by Crippen LogP contribution is 2.43. The maximum absolute atomic E-state index is 13.6. The fourth-order valence-electron chi connectivity index (χ4n) is 3.62. The molecule has 0 atom stereocenters. The Labute approximate surface area is 199 Å². The Bertz CT molecular complexity index is 1590. The number of hydrogen-bond acceptors (Lipinski definition) is 6. The van der Waals surface area contributed by atoms with Gasteiger partial charge in [0.05, 0.1) is 5.69 Å². The molecule has 2 amide bonds. The van der Waals surface area contributed by atoms with Crippen LogP contribution in [-0.4, -0.2) is 31.4 Å². The molecule has 0 spiro atoms. The second kappa shape index (κ2) is 8.17. The van der Waals surface area contributed by atoms with E-state index in [0.717, 1.165) is 11.6 Å². The fraction of sp³-hybridized carbons (Fsp3) is 0.0870. The Hall–Kier alpha value is -4.32. The molecule has 12 heteroatoms. The summed E-state index contributed by atoms with van der Waals surface area (Å²) in [6.45, 7) is 1.85. The highest BCUT2D eigenvalue weighted by Gasteiger charge is 2.35. The van der Waals surface area contributed by atoms with Crippen LogP contribution >= 0.6 is 11.3 Å². The Morgan fingerprint density at radius 1 is 1.14 bits per heavy atom.